The van der Waals surface area contributed by atoms with Crippen molar-refractivity contribution in [2.75, 3.05) is 0 Å². The van der Waals surface area contributed by atoms with Gasteiger partial charge in [0.15, 0.2) is 0 Å². The van der Waals surface area contributed by atoms with Gasteiger partial charge in [0, 0.05) is 12.3 Å². The van der Waals surface area contributed by atoms with E-state index >= 15 is 0 Å². The minimum atomic E-state index is -4.72. The summed E-state index contributed by atoms with van der Waals surface area (Å²) in [6.07, 6.45) is 1.73. The Kier molecular flexibility index (Phi) is 6.91. The van der Waals surface area contributed by atoms with E-state index in [2.05, 4.69) is 65.2 Å². The lowest BCUT2D eigenvalue weighted by Crippen LogP contribution is -2.17. The summed E-state index contributed by atoms with van der Waals surface area (Å²) < 4.78 is 40.3. The number of benzene rings is 2. The van der Waals surface area contributed by atoms with E-state index in [1.54, 1.807) is 6.07 Å². The fraction of sp³-hybridized carbons (Fsp3) is 0.292. The minimum absolute atomic E-state index is 0.439. The van der Waals surface area contributed by atoms with Crippen LogP contribution in [0.2, 0.25) is 0 Å². The second kappa shape index (κ2) is 9.59. The van der Waals surface area contributed by atoms with Crippen molar-refractivity contribution in [3.05, 3.63) is 83.6 Å². The number of alkyl halides is 3. The van der Waals surface area contributed by atoms with Gasteiger partial charge in [-0.3, -0.25) is 0 Å². The lowest BCUT2D eigenvalue weighted by molar-refractivity contribution is -0.276. The van der Waals surface area contributed by atoms with Crippen LogP contribution in [0.3, 0.4) is 0 Å². The van der Waals surface area contributed by atoms with E-state index in [9.17, 15) is 13.2 Å². The number of hydrogen-bond acceptors (Lipinski definition) is 2. The van der Waals surface area contributed by atoms with Gasteiger partial charge in [0.2, 0.25) is 5.88 Å². The molecule has 0 bridgehead atoms. The van der Waals surface area contributed by atoms with Gasteiger partial charge in [-0.15, -0.1) is 13.2 Å². The number of hydrogen-bond donors (Lipinski definition) is 0. The molecular formula is C24H24F3NO. The highest BCUT2D eigenvalue weighted by Crippen LogP contribution is 2.23. The SMILES string of the molecule is CCCCc1ccc(-c2ccc(CCc3ccc(OC(F)(F)F)nc3)cc2)cc1. The number of halogens is 3. The van der Waals surface area contributed by atoms with E-state index in [0.717, 1.165) is 18.4 Å². The third-order valence-electron chi connectivity index (χ3n) is 4.78. The third kappa shape index (κ3) is 6.63. The summed E-state index contributed by atoms with van der Waals surface area (Å²) in [5.41, 5.74) is 5.77. The molecule has 2 aromatic carbocycles. The zero-order valence-electron chi connectivity index (χ0n) is 16.4. The van der Waals surface area contributed by atoms with E-state index in [1.807, 2.05) is 0 Å². The second-order valence-corrected chi connectivity index (χ2v) is 7.05. The van der Waals surface area contributed by atoms with Crippen molar-refractivity contribution in [2.45, 2.75) is 45.4 Å². The van der Waals surface area contributed by atoms with Crippen LogP contribution < -0.4 is 4.74 Å². The van der Waals surface area contributed by atoms with Gasteiger partial charge in [-0.1, -0.05) is 67.9 Å². The molecule has 29 heavy (non-hydrogen) atoms. The normalized spacial score (nSPS) is 11.4. The standard InChI is InChI=1S/C24H24F3NO/c1-2-3-4-18-7-12-21(13-8-18)22-14-9-19(10-15-22)5-6-20-11-16-23(28-17-20)29-24(25,26)27/h7-17H,2-6H2,1H3. The van der Waals surface area contributed by atoms with Crippen molar-refractivity contribution in [3.63, 3.8) is 0 Å². The highest BCUT2D eigenvalue weighted by molar-refractivity contribution is 5.64. The molecule has 3 rings (SSSR count). The molecule has 0 saturated heterocycles. The average Bonchev–Trinajstić information content (AvgIpc) is 2.71. The summed E-state index contributed by atoms with van der Waals surface area (Å²) in [6, 6.07) is 20.0. The van der Waals surface area contributed by atoms with Gasteiger partial charge in [0.05, 0.1) is 0 Å². The second-order valence-electron chi connectivity index (χ2n) is 7.05. The van der Waals surface area contributed by atoms with Crippen LogP contribution >= 0.6 is 0 Å². The Hall–Kier alpha value is -2.82. The Morgan fingerprint density at radius 1 is 0.724 bits per heavy atom. The van der Waals surface area contributed by atoms with Crippen LogP contribution in [0, 0.1) is 0 Å². The van der Waals surface area contributed by atoms with Gasteiger partial charge in [-0.25, -0.2) is 4.98 Å². The summed E-state index contributed by atoms with van der Waals surface area (Å²) in [6.45, 7) is 2.20. The fourth-order valence-corrected chi connectivity index (χ4v) is 3.14. The Morgan fingerprint density at radius 2 is 1.24 bits per heavy atom. The molecule has 0 amide bonds. The molecule has 5 heteroatoms. The maximum absolute atomic E-state index is 12.2. The van der Waals surface area contributed by atoms with Crippen molar-refractivity contribution < 1.29 is 17.9 Å². The van der Waals surface area contributed by atoms with Crippen LogP contribution in [0.5, 0.6) is 5.88 Å². The first-order valence-corrected chi connectivity index (χ1v) is 9.82. The maximum Gasteiger partial charge on any atom is 0.574 e. The Balaban J connectivity index is 1.55. The lowest BCUT2D eigenvalue weighted by atomic mass is 9.99. The van der Waals surface area contributed by atoms with Crippen molar-refractivity contribution in [1.82, 2.24) is 4.98 Å². The summed E-state index contributed by atoms with van der Waals surface area (Å²) >= 11 is 0. The molecule has 0 atom stereocenters. The highest BCUT2D eigenvalue weighted by atomic mass is 19.4. The number of aromatic nitrogens is 1. The van der Waals surface area contributed by atoms with Crippen LogP contribution in [0.25, 0.3) is 11.1 Å². The topological polar surface area (TPSA) is 22.1 Å². The quantitative estimate of drug-likeness (QED) is 0.417. The highest BCUT2D eigenvalue weighted by Gasteiger charge is 2.31. The molecule has 1 heterocycles. The fourth-order valence-electron chi connectivity index (χ4n) is 3.14. The minimum Gasteiger partial charge on any atom is -0.388 e. The zero-order chi connectivity index (χ0) is 20.7. The molecule has 0 radical (unpaired) electrons. The van der Waals surface area contributed by atoms with Gasteiger partial charge < -0.3 is 4.74 Å². The predicted octanol–water partition coefficient (Wildman–Crippen LogP) is 6.78. The van der Waals surface area contributed by atoms with Gasteiger partial charge in [-0.2, -0.15) is 0 Å². The Morgan fingerprint density at radius 3 is 1.72 bits per heavy atom. The average molecular weight is 399 g/mol. The number of rotatable bonds is 8. The summed E-state index contributed by atoms with van der Waals surface area (Å²) in [5, 5.41) is 0. The summed E-state index contributed by atoms with van der Waals surface area (Å²) in [4.78, 5) is 3.71. The van der Waals surface area contributed by atoms with Gasteiger partial charge in [0.25, 0.3) is 0 Å². The molecule has 0 fully saturated rings. The molecule has 3 aromatic rings. The van der Waals surface area contributed by atoms with E-state index in [1.165, 1.54) is 47.4 Å². The summed E-state index contributed by atoms with van der Waals surface area (Å²) in [5.74, 6) is -0.439. The molecule has 1 aromatic heterocycles. The number of nitrogens with zero attached hydrogens (tertiary/aromatic N) is 1. The number of unbranched alkanes of at least 4 members (excludes halogenated alkanes) is 1. The summed E-state index contributed by atoms with van der Waals surface area (Å²) in [7, 11) is 0. The van der Waals surface area contributed by atoms with E-state index in [4.69, 9.17) is 0 Å². The largest absolute Gasteiger partial charge is 0.574 e. The maximum atomic E-state index is 12.2. The van der Waals surface area contributed by atoms with Crippen LogP contribution in [0.1, 0.15) is 36.5 Å². The van der Waals surface area contributed by atoms with Crippen molar-refractivity contribution in [2.24, 2.45) is 0 Å². The molecule has 0 aliphatic rings. The van der Waals surface area contributed by atoms with Crippen molar-refractivity contribution in [3.8, 4) is 17.0 Å². The molecule has 0 unspecified atom stereocenters. The van der Waals surface area contributed by atoms with E-state index in [-0.39, 0.29) is 0 Å². The van der Waals surface area contributed by atoms with E-state index < -0.39 is 12.2 Å². The van der Waals surface area contributed by atoms with E-state index in [0.29, 0.717) is 6.42 Å². The first-order valence-electron chi connectivity index (χ1n) is 9.82. The van der Waals surface area contributed by atoms with Gasteiger partial charge in [0.1, 0.15) is 0 Å². The van der Waals surface area contributed by atoms with Gasteiger partial charge >= 0.3 is 6.36 Å². The lowest BCUT2D eigenvalue weighted by Gasteiger charge is -2.08. The first-order chi connectivity index (χ1) is 13.9. The molecule has 0 aliphatic carbocycles. The number of pyridine rings is 1. The van der Waals surface area contributed by atoms with Crippen LogP contribution in [0.4, 0.5) is 13.2 Å². The zero-order valence-corrected chi connectivity index (χ0v) is 16.4. The molecule has 0 aliphatic heterocycles. The monoisotopic (exact) mass is 399 g/mol. The molecular weight excluding hydrogens is 375 g/mol. The van der Waals surface area contributed by atoms with Crippen LogP contribution in [-0.2, 0) is 19.3 Å². The van der Waals surface area contributed by atoms with Gasteiger partial charge in [-0.05, 0) is 53.5 Å². The number of ether oxygens (including phenoxy) is 1. The smallest absolute Gasteiger partial charge is 0.388 e. The number of aryl methyl sites for hydroxylation is 3. The first kappa shape index (κ1) is 20.9. The van der Waals surface area contributed by atoms with Crippen molar-refractivity contribution in [1.29, 1.82) is 0 Å². The molecule has 152 valence electrons. The predicted molar refractivity (Wildman–Crippen MR) is 109 cm³/mol. The van der Waals surface area contributed by atoms with Crippen LogP contribution in [-0.4, -0.2) is 11.3 Å². The molecule has 2 nitrogen and oxygen atoms in total. The molecule has 0 saturated carbocycles. The molecule has 0 spiro atoms. The molecule has 0 N–H and O–H groups in total. The Bertz CT molecular complexity index is 885. The van der Waals surface area contributed by atoms with Crippen LogP contribution in [0.15, 0.2) is 66.9 Å². The third-order valence-corrected chi connectivity index (χ3v) is 4.78. The Labute approximate surface area is 169 Å². The van der Waals surface area contributed by atoms with Crippen molar-refractivity contribution >= 4 is 0 Å².